The molecule has 2 aliphatic rings. The summed E-state index contributed by atoms with van der Waals surface area (Å²) in [7, 11) is -1.09. The van der Waals surface area contributed by atoms with E-state index >= 15 is 8.78 Å². The molecule has 0 spiro atoms. The standard InChI is InChI=1S/C40H34F7N9O4S/c1-38(2,58)11-10-23-8-9-25(26-6-5-7-27-34(26)55(4)52-37(27)53-61(59,60)24-17-48-54(3)18-24)33(49-23)30(14-20-12-21(41)15-22(42)13-20)50-31(57)19-56-36-32(35(51-56)40(45,46)47)28-16-29(28)39(36,43)44/h5-9,12-13,15,17-18,28-30,58H,14,16,19H2,1-4H3,(H,50,57)(H,52,53)/t28-,29+,30?/m0/s1. The summed E-state index contributed by atoms with van der Waals surface area (Å²) < 4.78 is 135. The van der Waals surface area contributed by atoms with Crippen LogP contribution >= 0.6 is 0 Å². The number of para-hydroxylation sites is 1. The molecule has 3 N–H and O–H groups in total. The second-order valence-electron chi connectivity index (χ2n) is 15.5. The van der Waals surface area contributed by atoms with E-state index in [-0.39, 0.29) is 39.6 Å². The predicted molar refractivity (Wildman–Crippen MR) is 204 cm³/mol. The molecule has 0 saturated heterocycles. The minimum atomic E-state index is -5.09. The van der Waals surface area contributed by atoms with Crippen LogP contribution in [0.3, 0.4) is 0 Å². The van der Waals surface area contributed by atoms with E-state index < -0.39 is 93.1 Å². The molecule has 318 valence electrons. The number of anilines is 1. The molecule has 8 rings (SSSR count). The first-order valence-corrected chi connectivity index (χ1v) is 20.0. The Labute approximate surface area is 342 Å². The van der Waals surface area contributed by atoms with Gasteiger partial charge in [0.25, 0.3) is 15.9 Å². The van der Waals surface area contributed by atoms with E-state index in [0.29, 0.717) is 27.2 Å². The highest BCUT2D eigenvalue weighted by Crippen LogP contribution is 2.68. The number of pyridine rings is 1. The average molecular weight is 870 g/mol. The second kappa shape index (κ2) is 14.4. The van der Waals surface area contributed by atoms with Gasteiger partial charge in [-0.15, -0.1) is 0 Å². The van der Waals surface area contributed by atoms with Crippen molar-refractivity contribution in [1.29, 1.82) is 0 Å². The maximum absolute atomic E-state index is 15.4. The zero-order chi connectivity index (χ0) is 44.0. The first-order valence-electron chi connectivity index (χ1n) is 18.5. The number of benzene rings is 2. The predicted octanol–water partition coefficient (Wildman–Crippen LogP) is 6.09. The summed E-state index contributed by atoms with van der Waals surface area (Å²) in [5, 5.41) is 25.1. The Kier molecular flexibility index (Phi) is 9.81. The van der Waals surface area contributed by atoms with Gasteiger partial charge in [-0.05, 0) is 74.4 Å². The lowest BCUT2D eigenvalue weighted by Crippen LogP contribution is -2.35. The highest BCUT2D eigenvalue weighted by atomic mass is 32.2. The van der Waals surface area contributed by atoms with Crippen LogP contribution in [0.1, 0.15) is 66.1 Å². The Morgan fingerprint density at radius 3 is 2.43 bits per heavy atom. The van der Waals surface area contributed by atoms with Crippen LogP contribution in [0.15, 0.2) is 65.8 Å². The number of amides is 1. The van der Waals surface area contributed by atoms with Crippen molar-refractivity contribution in [2.45, 2.75) is 67.8 Å². The lowest BCUT2D eigenvalue weighted by molar-refractivity contribution is -0.142. The molecule has 6 aromatic rings. The fraction of sp³-hybridized carbons (Fsp3) is 0.325. The topological polar surface area (TPSA) is 162 Å². The molecule has 1 unspecified atom stereocenters. The van der Waals surface area contributed by atoms with E-state index in [9.17, 15) is 40.3 Å². The van der Waals surface area contributed by atoms with Gasteiger partial charge in [0.2, 0.25) is 5.91 Å². The van der Waals surface area contributed by atoms with Crippen LogP contribution in [0, 0.1) is 29.4 Å². The van der Waals surface area contributed by atoms with Crippen LogP contribution in [0.2, 0.25) is 0 Å². The van der Waals surface area contributed by atoms with E-state index in [1.165, 1.54) is 42.5 Å². The molecule has 2 aromatic carbocycles. The maximum Gasteiger partial charge on any atom is 0.435 e. The Morgan fingerprint density at radius 2 is 1.77 bits per heavy atom. The molecule has 4 heterocycles. The van der Waals surface area contributed by atoms with Crippen LogP contribution in [0.4, 0.5) is 36.6 Å². The van der Waals surface area contributed by atoms with Crippen LogP contribution < -0.4 is 10.0 Å². The Morgan fingerprint density at radius 1 is 1.05 bits per heavy atom. The number of sulfonamides is 1. The molecule has 1 saturated carbocycles. The zero-order valence-electron chi connectivity index (χ0n) is 32.5. The number of aryl methyl sites for hydroxylation is 2. The largest absolute Gasteiger partial charge is 0.435 e. The summed E-state index contributed by atoms with van der Waals surface area (Å²) in [4.78, 5) is 18.5. The molecule has 0 bridgehead atoms. The summed E-state index contributed by atoms with van der Waals surface area (Å²) in [5.41, 5.74) is -3.65. The smallest absolute Gasteiger partial charge is 0.378 e. The molecule has 21 heteroatoms. The number of carbonyl (C=O) groups excluding carboxylic acids is 1. The molecule has 0 radical (unpaired) electrons. The fourth-order valence-corrected chi connectivity index (χ4v) is 8.76. The van der Waals surface area contributed by atoms with Crippen molar-refractivity contribution in [1.82, 2.24) is 39.6 Å². The van der Waals surface area contributed by atoms with Gasteiger partial charge < -0.3 is 10.4 Å². The normalized spacial score (nSPS) is 17.4. The average Bonchev–Trinajstić information content (AvgIpc) is 3.37. The number of nitrogens with one attached hydrogen (secondary N) is 2. The van der Waals surface area contributed by atoms with Crippen molar-refractivity contribution in [3.05, 3.63) is 106 Å². The van der Waals surface area contributed by atoms with Crippen molar-refractivity contribution in [3.63, 3.8) is 0 Å². The number of carbonyl (C=O) groups is 1. The van der Waals surface area contributed by atoms with E-state index in [4.69, 9.17) is 4.98 Å². The molecule has 13 nitrogen and oxygen atoms in total. The Hall–Kier alpha value is -6.27. The number of halogens is 7. The summed E-state index contributed by atoms with van der Waals surface area (Å²) in [5.74, 6) is -3.82. The van der Waals surface area contributed by atoms with E-state index in [0.717, 1.165) is 18.3 Å². The molecule has 61 heavy (non-hydrogen) atoms. The summed E-state index contributed by atoms with van der Waals surface area (Å²) in [6.45, 7) is 1.75. The summed E-state index contributed by atoms with van der Waals surface area (Å²) >= 11 is 0. The van der Waals surface area contributed by atoms with Gasteiger partial charge in [0.05, 0.1) is 23.4 Å². The third-order valence-electron chi connectivity index (χ3n) is 10.3. The minimum Gasteiger partial charge on any atom is -0.378 e. The first-order chi connectivity index (χ1) is 28.5. The number of nitrogens with zero attached hydrogens (tertiary/aromatic N) is 7. The number of aliphatic hydroxyl groups is 1. The quantitative estimate of drug-likeness (QED) is 0.110. The van der Waals surface area contributed by atoms with Crippen LogP contribution in [0.5, 0.6) is 0 Å². The van der Waals surface area contributed by atoms with Gasteiger partial charge in [0.1, 0.15) is 40.1 Å². The van der Waals surface area contributed by atoms with Crippen molar-refractivity contribution < 1.29 is 49.1 Å². The third kappa shape index (κ3) is 7.92. The Bertz CT molecular complexity index is 2920. The molecular formula is C40H34F7N9O4S. The monoisotopic (exact) mass is 869 g/mol. The molecule has 1 amide bonds. The SMILES string of the molecule is Cn1cc(S(=O)(=O)Nc2nn(C)c3c(-c4ccc(C#CC(C)(C)O)nc4C(Cc4cc(F)cc(F)c4)NC(=O)Cn4nc(C(F)(F)F)c5c4C(F)(F)[C@@H]4C[C@H]54)cccc23)cn1. The van der Waals surface area contributed by atoms with Gasteiger partial charge in [0.15, 0.2) is 11.5 Å². The zero-order valence-corrected chi connectivity index (χ0v) is 33.3. The highest BCUT2D eigenvalue weighted by Gasteiger charge is 2.68. The third-order valence-corrected chi connectivity index (χ3v) is 11.6. The van der Waals surface area contributed by atoms with E-state index in [1.807, 2.05) is 0 Å². The van der Waals surface area contributed by atoms with Gasteiger partial charge in [0, 0.05) is 54.4 Å². The molecule has 2 aliphatic carbocycles. The second-order valence-corrected chi connectivity index (χ2v) is 17.2. The maximum atomic E-state index is 15.4. The van der Waals surface area contributed by atoms with E-state index in [2.05, 4.69) is 37.2 Å². The van der Waals surface area contributed by atoms with Gasteiger partial charge in [-0.3, -0.25) is 23.6 Å². The van der Waals surface area contributed by atoms with Crippen molar-refractivity contribution in [2.24, 2.45) is 20.0 Å². The van der Waals surface area contributed by atoms with Gasteiger partial charge in [-0.2, -0.15) is 37.2 Å². The number of rotatable bonds is 10. The molecule has 4 aromatic heterocycles. The number of aromatic nitrogens is 7. The number of hydrogen-bond donors (Lipinski definition) is 3. The van der Waals surface area contributed by atoms with Gasteiger partial charge in [-0.1, -0.05) is 18.1 Å². The van der Waals surface area contributed by atoms with Crippen molar-refractivity contribution in [3.8, 4) is 23.0 Å². The van der Waals surface area contributed by atoms with E-state index in [1.54, 1.807) is 31.3 Å². The van der Waals surface area contributed by atoms with Crippen LogP contribution in [-0.2, 0) is 54.0 Å². The van der Waals surface area contributed by atoms with Crippen molar-refractivity contribution >= 4 is 32.7 Å². The van der Waals surface area contributed by atoms with Gasteiger partial charge >= 0.3 is 6.18 Å². The minimum absolute atomic E-state index is 0.000301. The summed E-state index contributed by atoms with van der Waals surface area (Å²) in [6, 6.07) is 9.06. The lowest BCUT2D eigenvalue weighted by atomic mass is 9.93. The number of hydrogen-bond acceptors (Lipinski definition) is 8. The Balaban J connectivity index is 1.25. The van der Waals surface area contributed by atoms with Crippen LogP contribution in [-0.4, -0.2) is 59.4 Å². The fourth-order valence-electron chi connectivity index (χ4n) is 7.76. The lowest BCUT2D eigenvalue weighted by Gasteiger charge is -2.23. The van der Waals surface area contributed by atoms with Gasteiger partial charge in [-0.25, -0.2) is 22.2 Å². The van der Waals surface area contributed by atoms with Crippen molar-refractivity contribution in [2.75, 3.05) is 4.72 Å². The molecule has 1 fully saturated rings. The first kappa shape index (κ1) is 41.5. The molecule has 3 atom stereocenters. The highest BCUT2D eigenvalue weighted by molar-refractivity contribution is 7.92. The number of fused-ring (bicyclic) bond motifs is 4. The number of alkyl halides is 5. The van der Waals surface area contributed by atoms with Crippen LogP contribution in [0.25, 0.3) is 22.0 Å². The summed E-state index contributed by atoms with van der Waals surface area (Å²) in [6.07, 6.45) is -3.19. The molecule has 0 aliphatic heterocycles. The molecular weight excluding hydrogens is 836 g/mol.